The molecule has 0 amide bonds. The van der Waals surface area contributed by atoms with Crippen LogP contribution in [0.3, 0.4) is 0 Å². The minimum atomic E-state index is -0.0986. The van der Waals surface area contributed by atoms with Crippen LogP contribution in [-0.4, -0.2) is 51.7 Å². The number of methoxy groups -OCH3 is 1. The number of hydrogen-bond acceptors (Lipinski definition) is 4. The molecule has 2 saturated heterocycles. The SMILES string of the molecule is COC1(CNCC2CCCO2)CCOC1. The van der Waals surface area contributed by atoms with Crippen molar-refractivity contribution in [2.24, 2.45) is 0 Å². The van der Waals surface area contributed by atoms with Gasteiger partial charge in [0.1, 0.15) is 5.60 Å². The van der Waals surface area contributed by atoms with Gasteiger partial charge in [-0.05, 0) is 12.8 Å². The van der Waals surface area contributed by atoms with Crippen molar-refractivity contribution in [1.82, 2.24) is 5.32 Å². The van der Waals surface area contributed by atoms with Crippen molar-refractivity contribution in [2.75, 3.05) is 40.0 Å². The highest BCUT2D eigenvalue weighted by molar-refractivity contribution is 4.87. The first-order valence-electron chi connectivity index (χ1n) is 5.80. The zero-order valence-electron chi connectivity index (χ0n) is 9.46. The van der Waals surface area contributed by atoms with Crippen molar-refractivity contribution in [3.05, 3.63) is 0 Å². The third-order valence-corrected chi connectivity index (χ3v) is 3.34. The van der Waals surface area contributed by atoms with Crippen LogP contribution < -0.4 is 5.32 Å². The Morgan fingerprint density at radius 1 is 1.47 bits per heavy atom. The van der Waals surface area contributed by atoms with Gasteiger partial charge in [-0.1, -0.05) is 0 Å². The topological polar surface area (TPSA) is 39.7 Å². The zero-order valence-corrected chi connectivity index (χ0v) is 9.46. The van der Waals surface area contributed by atoms with E-state index >= 15 is 0 Å². The second-order valence-electron chi connectivity index (χ2n) is 4.46. The van der Waals surface area contributed by atoms with Gasteiger partial charge in [-0.2, -0.15) is 0 Å². The van der Waals surface area contributed by atoms with Crippen LogP contribution in [0.1, 0.15) is 19.3 Å². The Morgan fingerprint density at radius 3 is 3.00 bits per heavy atom. The van der Waals surface area contributed by atoms with Crippen LogP contribution in [0.25, 0.3) is 0 Å². The van der Waals surface area contributed by atoms with E-state index in [1.165, 1.54) is 12.8 Å². The van der Waals surface area contributed by atoms with Crippen molar-refractivity contribution in [1.29, 1.82) is 0 Å². The fourth-order valence-electron chi connectivity index (χ4n) is 2.23. The molecule has 0 saturated carbocycles. The summed E-state index contributed by atoms with van der Waals surface area (Å²) in [6.07, 6.45) is 3.78. The summed E-state index contributed by atoms with van der Waals surface area (Å²) in [5.74, 6) is 0. The molecule has 0 spiro atoms. The molecule has 0 bridgehead atoms. The summed E-state index contributed by atoms with van der Waals surface area (Å²) in [6, 6.07) is 0. The summed E-state index contributed by atoms with van der Waals surface area (Å²) in [5.41, 5.74) is -0.0986. The number of hydrogen-bond donors (Lipinski definition) is 1. The van der Waals surface area contributed by atoms with Gasteiger partial charge >= 0.3 is 0 Å². The summed E-state index contributed by atoms with van der Waals surface area (Å²) < 4.78 is 16.5. The van der Waals surface area contributed by atoms with Gasteiger partial charge in [-0.15, -0.1) is 0 Å². The van der Waals surface area contributed by atoms with Gasteiger partial charge < -0.3 is 19.5 Å². The lowest BCUT2D eigenvalue weighted by Crippen LogP contribution is -2.44. The number of rotatable bonds is 5. The van der Waals surface area contributed by atoms with Crippen LogP contribution >= 0.6 is 0 Å². The predicted molar refractivity (Wildman–Crippen MR) is 57.0 cm³/mol. The maximum absolute atomic E-state index is 5.55. The smallest absolute Gasteiger partial charge is 0.106 e. The molecule has 2 heterocycles. The lowest BCUT2D eigenvalue weighted by molar-refractivity contribution is -0.0177. The largest absolute Gasteiger partial charge is 0.378 e. The van der Waals surface area contributed by atoms with Gasteiger partial charge in [-0.3, -0.25) is 0 Å². The molecule has 4 nitrogen and oxygen atoms in total. The van der Waals surface area contributed by atoms with E-state index in [0.717, 1.165) is 32.7 Å². The van der Waals surface area contributed by atoms with E-state index in [-0.39, 0.29) is 5.60 Å². The van der Waals surface area contributed by atoms with Crippen molar-refractivity contribution in [3.63, 3.8) is 0 Å². The quantitative estimate of drug-likeness (QED) is 0.727. The van der Waals surface area contributed by atoms with E-state index in [4.69, 9.17) is 14.2 Å². The van der Waals surface area contributed by atoms with Crippen molar-refractivity contribution in [2.45, 2.75) is 31.0 Å². The summed E-state index contributed by atoms with van der Waals surface area (Å²) in [5, 5.41) is 3.43. The Morgan fingerprint density at radius 2 is 2.40 bits per heavy atom. The number of ether oxygens (including phenoxy) is 3. The Kier molecular flexibility index (Phi) is 3.97. The molecule has 88 valence electrons. The van der Waals surface area contributed by atoms with Crippen LogP contribution in [0, 0.1) is 0 Å². The van der Waals surface area contributed by atoms with E-state index in [0.29, 0.717) is 12.7 Å². The highest BCUT2D eigenvalue weighted by Crippen LogP contribution is 2.21. The molecule has 0 aliphatic carbocycles. The Hall–Kier alpha value is -0.160. The van der Waals surface area contributed by atoms with Crippen LogP contribution in [-0.2, 0) is 14.2 Å². The standard InChI is InChI=1S/C11H21NO3/c1-13-11(4-6-14-9-11)8-12-7-10-3-2-5-15-10/h10,12H,2-9H2,1H3. The highest BCUT2D eigenvalue weighted by atomic mass is 16.5. The maximum Gasteiger partial charge on any atom is 0.106 e. The molecule has 2 aliphatic rings. The summed E-state index contributed by atoms with van der Waals surface area (Å²) in [6.45, 7) is 4.25. The van der Waals surface area contributed by atoms with E-state index in [1.807, 2.05) is 0 Å². The Bertz CT molecular complexity index is 186. The molecule has 2 aliphatic heterocycles. The van der Waals surface area contributed by atoms with Crippen LogP contribution in [0.15, 0.2) is 0 Å². The van der Waals surface area contributed by atoms with Gasteiger partial charge in [-0.25, -0.2) is 0 Å². The third-order valence-electron chi connectivity index (χ3n) is 3.34. The van der Waals surface area contributed by atoms with Gasteiger partial charge in [0.25, 0.3) is 0 Å². The average Bonchev–Trinajstić information content (AvgIpc) is 2.89. The van der Waals surface area contributed by atoms with Crippen LogP contribution in [0.4, 0.5) is 0 Å². The normalized spacial score (nSPS) is 36.2. The van der Waals surface area contributed by atoms with Crippen molar-refractivity contribution >= 4 is 0 Å². The van der Waals surface area contributed by atoms with E-state index in [1.54, 1.807) is 7.11 Å². The van der Waals surface area contributed by atoms with Gasteiger partial charge in [0.2, 0.25) is 0 Å². The molecule has 0 radical (unpaired) electrons. The minimum Gasteiger partial charge on any atom is -0.378 e. The predicted octanol–water partition coefficient (Wildman–Crippen LogP) is 0.560. The lowest BCUT2D eigenvalue weighted by atomic mass is 10.0. The highest BCUT2D eigenvalue weighted by Gasteiger charge is 2.34. The monoisotopic (exact) mass is 215 g/mol. The molecule has 0 aromatic heterocycles. The van der Waals surface area contributed by atoms with Gasteiger partial charge in [0.05, 0.1) is 12.7 Å². The van der Waals surface area contributed by atoms with Crippen molar-refractivity contribution in [3.8, 4) is 0 Å². The summed E-state index contributed by atoms with van der Waals surface area (Å²) >= 11 is 0. The van der Waals surface area contributed by atoms with E-state index in [9.17, 15) is 0 Å². The molecule has 1 N–H and O–H groups in total. The first-order valence-corrected chi connectivity index (χ1v) is 5.80. The van der Waals surface area contributed by atoms with Gasteiger partial charge in [0, 0.05) is 39.8 Å². The molecule has 2 atom stereocenters. The lowest BCUT2D eigenvalue weighted by Gasteiger charge is -2.26. The maximum atomic E-state index is 5.55. The van der Waals surface area contributed by atoms with Crippen LogP contribution in [0.2, 0.25) is 0 Å². The zero-order chi connectivity index (χ0) is 10.6. The summed E-state index contributed by atoms with van der Waals surface area (Å²) in [4.78, 5) is 0. The fraction of sp³-hybridized carbons (Fsp3) is 1.00. The molecular formula is C11H21NO3. The molecule has 15 heavy (non-hydrogen) atoms. The third kappa shape index (κ3) is 2.91. The van der Waals surface area contributed by atoms with E-state index in [2.05, 4.69) is 5.32 Å². The van der Waals surface area contributed by atoms with Gasteiger partial charge in [0.15, 0.2) is 0 Å². The first kappa shape index (κ1) is 11.3. The molecular weight excluding hydrogens is 194 g/mol. The van der Waals surface area contributed by atoms with E-state index < -0.39 is 0 Å². The molecule has 2 fully saturated rings. The number of nitrogens with one attached hydrogen (secondary N) is 1. The molecule has 4 heteroatoms. The summed E-state index contributed by atoms with van der Waals surface area (Å²) in [7, 11) is 1.77. The average molecular weight is 215 g/mol. The molecule has 2 unspecified atom stereocenters. The van der Waals surface area contributed by atoms with Crippen LogP contribution in [0.5, 0.6) is 0 Å². The minimum absolute atomic E-state index is 0.0986. The molecule has 0 aromatic rings. The van der Waals surface area contributed by atoms with Crippen molar-refractivity contribution < 1.29 is 14.2 Å². The second-order valence-corrected chi connectivity index (χ2v) is 4.46. The Balaban J connectivity index is 1.67. The first-order chi connectivity index (χ1) is 7.35. The second kappa shape index (κ2) is 5.25. The molecule has 2 rings (SSSR count). The molecule has 0 aromatic carbocycles. The fourth-order valence-corrected chi connectivity index (χ4v) is 2.23. The Labute approximate surface area is 91.3 Å².